The second kappa shape index (κ2) is 9.66. The zero-order chi connectivity index (χ0) is 23.5. The van der Waals surface area contributed by atoms with Crippen molar-refractivity contribution in [3.05, 3.63) is 76.3 Å². The summed E-state index contributed by atoms with van der Waals surface area (Å²) in [6, 6.07) is 10.1. The lowest BCUT2D eigenvalue weighted by Gasteiger charge is -2.22. The van der Waals surface area contributed by atoms with Crippen LogP contribution in [0.3, 0.4) is 0 Å². The fourth-order valence-corrected chi connectivity index (χ4v) is 3.99. The molecule has 0 saturated carbocycles. The van der Waals surface area contributed by atoms with Crippen LogP contribution in [0.15, 0.2) is 59.2 Å². The highest BCUT2D eigenvalue weighted by Crippen LogP contribution is 2.31. The Bertz CT molecular complexity index is 1040. The Balaban J connectivity index is 1.55. The maximum atomic E-state index is 12.7. The molecule has 3 rings (SSSR count). The summed E-state index contributed by atoms with van der Waals surface area (Å²) in [5.41, 5.74) is 8.69. The first kappa shape index (κ1) is 23.7. The summed E-state index contributed by atoms with van der Waals surface area (Å²) in [6.45, 7) is 6.18. The summed E-state index contributed by atoms with van der Waals surface area (Å²) in [6.07, 6.45) is -4.06. The summed E-state index contributed by atoms with van der Waals surface area (Å²) in [7, 11) is 0. The van der Waals surface area contributed by atoms with E-state index >= 15 is 0 Å². The predicted octanol–water partition coefficient (Wildman–Crippen LogP) is 3.75. The largest absolute Gasteiger partial charge is 0.416 e. The molecular formula is C22H24F3N5OS. The molecule has 2 aromatic rings. The van der Waals surface area contributed by atoms with Crippen LogP contribution in [0.2, 0.25) is 0 Å². The van der Waals surface area contributed by atoms with Crippen LogP contribution in [0.5, 0.6) is 0 Å². The first-order valence-corrected chi connectivity index (χ1v) is 10.6. The number of nitrogens with zero attached hydrogens (tertiary/aromatic N) is 1. The fraction of sp³-hybridized carbons (Fsp3) is 0.273. The third-order valence-electron chi connectivity index (χ3n) is 5.26. The molecule has 1 amide bonds. The summed E-state index contributed by atoms with van der Waals surface area (Å²) in [5.74, 6) is 5.33. The number of amides is 1. The van der Waals surface area contributed by atoms with Gasteiger partial charge in [-0.3, -0.25) is 4.79 Å². The lowest BCUT2D eigenvalue weighted by atomic mass is 9.93. The molecule has 0 bridgehead atoms. The molecule has 6 nitrogen and oxygen atoms in total. The molecular weight excluding hydrogens is 439 g/mol. The maximum Gasteiger partial charge on any atom is 0.416 e. The van der Waals surface area contributed by atoms with E-state index in [1.54, 1.807) is 6.07 Å². The molecule has 0 radical (unpaired) electrons. The molecule has 1 aliphatic heterocycles. The van der Waals surface area contributed by atoms with Crippen molar-refractivity contribution in [1.82, 2.24) is 5.32 Å². The van der Waals surface area contributed by atoms with Crippen LogP contribution in [-0.2, 0) is 17.4 Å². The lowest BCUT2D eigenvalue weighted by Crippen LogP contribution is -2.37. The number of hydrogen-bond acceptors (Lipinski definition) is 6. The lowest BCUT2D eigenvalue weighted by molar-refractivity contribution is -0.137. The van der Waals surface area contributed by atoms with Crippen LogP contribution < -0.4 is 22.2 Å². The Labute approximate surface area is 188 Å². The minimum Gasteiger partial charge on any atom is -0.378 e. The maximum absolute atomic E-state index is 12.7. The van der Waals surface area contributed by atoms with E-state index in [1.807, 2.05) is 19.1 Å². The quantitative estimate of drug-likeness (QED) is 0.217. The molecule has 0 unspecified atom stereocenters. The summed E-state index contributed by atoms with van der Waals surface area (Å²) >= 11 is 1.23. The number of fused-ring (bicyclic) bond motifs is 1. The number of hydrogen-bond donors (Lipinski definition) is 4. The molecule has 32 heavy (non-hydrogen) atoms. The Kier molecular flexibility index (Phi) is 7.15. The van der Waals surface area contributed by atoms with E-state index < -0.39 is 11.7 Å². The van der Waals surface area contributed by atoms with Gasteiger partial charge in [0, 0.05) is 23.8 Å². The zero-order valence-electron chi connectivity index (χ0n) is 17.4. The topological polar surface area (TPSA) is 106 Å². The minimum atomic E-state index is -4.37. The highest BCUT2D eigenvalue weighted by molar-refractivity contribution is 8.17. The van der Waals surface area contributed by atoms with E-state index in [1.165, 1.54) is 23.9 Å². The van der Waals surface area contributed by atoms with Crippen LogP contribution in [0, 0.1) is 0 Å². The van der Waals surface area contributed by atoms with Crippen molar-refractivity contribution in [2.24, 2.45) is 16.7 Å². The molecule has 0 saturated heterocycles. The Morgan fingerprint density at radius 3 is 2.59 bits per heavy atom. The molecule has 2 atom stereocenters. The molecule has 2 aromatic carbocycles. The number of hydrazone groups is 1. The molecule has 1 heterocycles. The molecule has 170 valence electrons. The Hall–Kier alpha value is -2.98. The third kappa shape index (κ3) is 5.63. The second-order valence-corrected chi connectivity index (χ2v) is 8.59. The standard InChI is InChI=1S/C22H24F3N5OS/c1-12(14-3-6-17(7-4-14)22(23,24)25)18(26)11-28-13(2)32-21(30-27)15-5-8-19-16(9-15)10-20(31)29-19/h3-9,12,18,28H,2,10-11,26-27H2,1H3,(H,29,31)/b30-21-/t12-,18+/m0/s1. The number of nitrogens with two attached hydrogens (primary N) is 2. The molecule has 0 spiro atoms. The fourth-order valence-electron chi connectivity index (χ4n) is 3.31. The number of benzene rings is 2. The van der Waals surface area contributed by atoms with Crippen LogP contribution in [-0.4, -0.2) is 23.5 Å². The number of carbonyl (C=O) groups excluding carboxylic acids is 1. The highest BCUT2D eigenvalue weighted by Gasteiger charge is 2.30. The second-order valence-electron chi connectivity index (χ2n) is 7.51. The van der Waals surface area contributed by atoms with Gasteiger partial charge in [0.1, 0.15) is 5.04 Å². The van der Waals surface area contributed by atoms with Gasteiger partial charge in [-0.05, 0) is 41.3 Å². The number of rotatable bonds is 7. The smallest absolute Gasteiger partial charge is 0.378 e. The zero-order valence-corrected chi connectivity index (χ0v) is 18.2. The van der Waals surface area contributed by atoms with Gasteiger partial charge >= 0.3 is 6.18 Å². The third-order valence-corrected chi connectivity index (χ3v) is 6.18. The summed E-state index contributed by atoms with van der Waals surface area (Å²) in [4.78, 5) is 11.5. The average molecular weight is 464 g/mol. The molecule has 0 fully saturated rings. The Morgan fingerprint density at radius 1 is 1.28 bits per heavy atom. The number of alkyl halides is 3. The monoisotopic (exact) mass is 463 g/mol. The van der Waals surface area contributed by atoms with Gasteiger partial charge in [0.05, 0.1) is 17.0 Å². The van der Waals surface area contributed by atoms with E-state index in [-0.39, 0.29) is 17.9 Å². The van der Waals surface area contributed by atoms with Crippen molar-refractivity contribution in [1.29, 1.82) is 0 Å². The van der Waals surface area contributed by atoms with Gasteiger partial charge in [-0.15, -0.1) is 0 Å². The SMILES string of the molecule is C=C(NC[C@@H](N)[C@@H](C)c1ccc(C(F)(F)F)cc1)S/C(=N\N)c1ccc2c(c1)CC(=O)N2. The van der Waals surface area contributed by atoms with Crippen LogP contribution in [0.25, 0.3) is 0 Å². The number of anilines is 1. The normalized spacial score (nSPS) is 15.7. The Morgan fingerprint density at radius 2 is 1.97 bits per heavy atom. The first-order chi connectivity index (χ1) is 15.1. The molecule has 1 aliphatic rings. The molecule has 6 N–H and O–H groups in total. The summed E-state index contributed by atoms with van der Waals surface area (Å²) in [5, 5.41) is 10.8. The van der Waals surface area contributed by atoms with Gasteiger partial charge in [-0.2, -0.15) is 18.3 Å². The first-order valence-electron chi connectivity index (χ1n) is 9.83. The van der Waals surface area contributed by atoms with Crippen LogP contribution in [0.1, 0.15) is 35.1 Å². The van der Waals surface area contributed by atoms with E-state index in [4.69, 9.17) is 11.6 Å². The average Bonchev–Trinajstić information content (AvgIpc) is 3.13. The molecule has 0 aliphatic carbocycles. The van der Waals surface area contributed by atoms with E-state index in [0.29, 0.717) is 23.0 Å². The van der Waals surface area contributed by atoms with E-state index in [0.717, 1.165) is 34.5 Å². The number of thioether (sulfide) groups is 1. The van der Waals surface area contributed by atoms with Crippen molar-refractivity contribution in [3.8, 4) is 0 Å². The predicted molar refractivity (Wildman–Crippen MR) is 122 cm³/mol. The molecule has 10 heteroatoms. The van der Waals surface area contributed by atoms with Gasteiger partial charge in [-0.1, -0.05) is 43.5 Å². The minimum absolute atomic E-state index is 0.0572. The van der Waals surface area contributed by atoms with Gasteiger partial charge in [0.25, 0.3) is 0 Å². The number of halogens is 3. The van der Waals surface area contributed by atoms with Crippen molar-refractivity contribution >= 4 is 28.4 Å². The van der Waals surface area contributed by atoms with Crippen LogP contribution >= 0.6 is 11.8 Å². The van der Waals surface area contributed by atoms with Crippen molar-refractivity contribution in [2.45, 2.75) is 31.5 Å². The van der Waals surface area contributed by atoms with Gasteiger partial charge in [-0.25, -0.2) is 0 Å². The van der Waals surface area contributed by atoms with E-state index in [2.05, 4.69) is 22.3 Å². The van der Waals surface area contributed by atoms with Gasteiger partial charge in [0.2, 0.25) is 5.91 Å². The van der Waals surface area contributed by atoms with Gasteiger partial charge in [0.15, 0.2) is 0 Å². The summed E-state index contributed by atoms with van der Waals surface area (Å²) < 4.78 is 38.2. The van der Waals surface area contributed by atoms with Crippen molar-refractivity contribution in [2.75, 3.05) is 11.9 Å². The van der Waals surface area contributed by atoms with Gasteiger partial charge < -0.3 is 22.2 Å². The van der Waals surface area contributed by atoms with Crippen molar-refractivity contribution < 1.29 is 18.0 Å². The number of nitrogens with one attached hydrogen (secondary N) is 2. The van der Waals surface area contributed by atoms with Crippen molar-refractivity contribution in [3.63, 3.8) is 0 Å². The van der Waals surface area contributed by atoms with E-state index in [9.17, 15) is 18.0 Å². The number of carbonyl (C=O) groups is 1. The highest BCUT2D eigenvalue weighted by atomic mass is 32.2. The molecule has 0 aromatic heterocycles. The van der Waals surface area contributed by atoms with Crippen LogP contribution in [0.4, 0.5) is 18.9 Å².